The van der Waals surface area contributed by atoms with E-state index < -0.39 is 0 Å². The number of hydrogen-bond donors (Lipinski definition) is 1. The summed E-state index contributed by atoms with van der Waals surface area (Å²) >= 11 is 3.43. The van der Waals surface area contributed by atoms with Crippen LogP contribution in [0.25, 0.3) is 10.9 Å². The number of fused-ring (bicyclic) bond motifs is 1. The van der Waals surface area contributed by atoms with E-state index >= 15 is 0 Å². The fourth-order valence-corrected chi connectivity index (χ4v) is 2.76. The van der Waals surface area contributed by atoms with E-state index in [1.54, 1.807) is 13.0 Å². The first kappa shape index (κ1) is 16.5. The monoisotopic (exact) mass is 384 g/mol. The molecule has 0 aliphatic rings. The average Bonchev–Trinajstić information content (AvgIpc) is 2.56. The highest BCUT2D eigenvalue weighted by Crippen LogP contribution is 2.28. The molecule has 3 aromatic rings. The Morgan fingerprint density at radius 1 is 1.17 bits per heavy atom. The summed E-state index contributed by atoms with van der Waals surface area (Å²) < 4.78 is 6.11. The summed E-state index contributed by atoms with van der Waals surface area (Å²) in [5, 5.41) is 4.28. The van der Waals surface area contributed by atoms with Gasteiger partial charge in [-0.3, -0.25) is 4.98 Å². The van der Waals surface area contributed by atoms with Gasteiger partial charge in [-0.15, -0.1) is 0 Å². The molecule has 0 saturated heterocycles. The maximum Gasteiger partial charge on any atom is 0.338 e. The molecule has 1 aromatic heterocycles. The second-order valence-corrected chi connectivity index (χ2v) is 6.31. The Kier molecular flexibility index (Phi) is 4.81. The molecule has 0 spiro atoms. The smallest absolute Gasteiger partial charge is 0.338 e. The first-order chi connectivity index (χ1) is 11.6. The molecule has 0 radical (unpaired) electrons. The summed E-state index contributed by atoms with van der Waals surface area (Å²) in [5.74, 6) is -0.324. The molecule has 0 bridgehead atoms. The van der Waals surface area contributed by atoms with Crippen LogP contribution in [0.1, 0.15) is 23.0 Å². The van der Waals surface area contributed by atoms with Gasteiger partial charge in [-0.05, 0) is 62.4 Å². The zero-order valence-corrected chi connectivity index (χ0v) is 15.1. The van der Waals surface area contributed by atoms with Gasteiger partial charge in [-0.2, -0.15) is 0 Å². The molecule has 122 valence electrons. The van der Waals surface area contributed by atoms with Crippen LogP contribution < -0.4 is 5.32 Å². The summed E-state index contributed by atoms with van der Waals surface area (Å²) in [7, 11) is 0. The van der Waals surface area contributed by atoms with Crippen molar-refractivity contribution in [3.8, 4) is 0 Å². The maximum absolute atomic E-state index is 12.0. The lowest BCUT2D eigenvalue weighted by Crippen LogP contribution is -2.05. The molecule has 3 rings (SSSR count). The second-order valence-electron chi connectivity index (χ2n) is 5.40. The van der Waals surface area contributed by atoms with Crippen molar-refractivity contribution in [3.05, 3.63) is 64.3 Å². The average molecular weight is 385 g/mol. The van der Waals surface area contributed by atoms with Crippen LogP contribution >= 0.6 is 15.9 Å². The van der Waals surface area contributed by atoms with Crippen molar-refractivity contribution >= 4 is 44.2 Å². The number of carbonyl (C=O) groups is 1. The Balaban J connectivity index is 2.05. The Morgan fingerprint density at radius 2 is 1.92 bits per heavy atom. The fourth-order valence-electron chi connectivity index (χ4n) is 2.49. The number of rotatable bonds is 4. The van der Waals surface area contributed by atoms with Crippen LogP contribution in [0.2, 0.25) is 0 Å². The zero-order valence-electron chi connectivity index (χ0n) is 13.5. The maximum atomic E-state index is 12.0. The summed E-state index contributed by atoms with van der Waals surface area (Å²) in [6, 6.07) is 15.3. The van der Waals surface area contributed by atoms with Crippen molar-refractivity contribution in [2.24, 2.45) is 0 Å². The predicted octanol–water partition coefficient (Wildman–Crippen LogP) is 5.23. The van der Waals surface area contributed by atoms with Gasteiger partial charge in [0, 0.05) is 26.9 Å². The second kappa shape index (κ2) is 7.01. The molecular weight excluding hydrogens is 368 g/mol. The van der Waals surface area contributed by atoms with E-state index in [2.05, 4.69) is 26.2 Å². The van der Waals surface area contributed by atoms with E-state index in [0.29, 0.717) is 12.2 Å². The van der Waals surface area contributed by atoms with Gasteiger partial charge in [0.1, 0.15) is 0 Å². The first-order valence-corrected chi connectivity index (χ1v) is 8.47. The van der Waals surface area contributed by atoms with Crippen LogP contribution in [-0.2, 0) is 4.74 Å². The number of hydrogen-bond acceptors (Lipinski definition) is 4. The van der Waals surface area contributed by atoms with E-state index in [9.17, 15) is 4.79 Å². The number of ether oxygens (including phenoxy) is 1. The molecule has 0 amide bonds. The molecule has 0 fully saturated rings. The minimum atomic E-state index is -0.324. The molecule has 24 heavy (non-hydrogen) atoms. The molecule has 5 heteroatoms. The third-order valence-electron chi connectivity index (χ3n) is 3.57. The van der Waals surface area contributed by atoms with E-state index in [4.69, 9.17) is 4.74 Å². The van der Waals surface area contributed by atoms with Crippen LogP contribution in [-0.4, -0.2) is 17.6 Å². The standard InChI is InChI=1S/C19H17BrN2O2/c1-3-24-19(23)13-4-9-17-16(11-13)18(10-12(2)21-17)22-15-7-5-14(20)6-8-15/h4-11H,3H2,1-2H3,(H,21,22). The lowest BCUT2D eigenvalue weighted by molar-refractivity contribution is 0.0526. The Morgan fingerprint density at radius 3 is 2.62 bits per heavy atom. The van der Waals surface area contributed by atoms with Crippen molar-refractivity contribution in [2.45, 2.75) is 13.8 Å². The molecular formula is C19H17BrN2O2. The van der Waals surface area contributed by atoms with Crippen molar-refractivity contribution in [1.29, 1.82) is 0 Å². The largest absolute Gasteiger partial charge is 0.462 e. The number of aromatic nitrogens is 1. The van der Waals surface area contributed by atoms with Crippen molar-refractivity contribution < 1.29 is 9.53 Å². The number of carbonyl (C=O) groups excluding carboxylic acids is 1. The van der Waals surface area contributed by atoms with E-state index in [1.165, 1.54) is 0 Å². The van der Waals surface area contributed by atoms with E-state index in [0.717, 1.165) is 32.4 Å². The van der Waals surface area contributed by atoms with Gasteiger partial charge < -0.3 is 10.1 Å². The molecule has 0 saturated carbocycles. The first-order valence-electron chi connectivity index (χ1n) is 7.68. The number of anilines is 2. The fraction of sp³-hybridized carbons (Fsp3) is 0.158. The quantitative estimate of drug-likeness (QED) is 0.625. The normalized spacial score (nSPS) is 10.6. The number of nitrogens with one attached hydrogen (secondary N) is 1. The highest BCUT2D eigenvalue weighted by Gasteiger charge is 2.11. The van der Waals surface area contributed by atoms with Crippen LogP contribution in [0.3, 0.4) is 0 Å². The number of halogens is 1. The van der Waals surface area contributed by atoms with E-state index in [-0.39, 0.29) is 5.97 Å². The Labute approximate surface area is 149 Å². The van der Waals surface area contributed by atoms with E-state index in [1.807, 2.05) is 49.4 Å². The molecule has 1 heterocycles. The number of esters is 1. The van der Waals surface area contributed by atoms with Crippen molar-refractivity contribution in [3.63, 3.8) is 0 Å². The number of aryl methyl sites for hydroxylation is 1. The van der Waals surface area contributed by atoms with Gasteiger partial charge in [-0.25, -0.2) is 4.79 Å². The van der Waals surface area contributed by atoms with Crippen LogP contribution in [0, 0.1) is 6.92 Å². The molecule has 0 aliphatic heterocycles. The Bertz CT molecular complexity index is 892. The van der Waals surface area contributed by atoms with Gasteiger partial charge in [-0.1, -0.05) is 15.9 Å². The van der Waals surface area contributed by atoms with Crippen molar-refractivity contribution in [2.75, 3.05) is 11.9 Å². The predicted molar refractivity (Wildman–Crippen MR) is 99.9 cm³/mol. The molecule has 4 nitrogen and oxygen atoms in total. The topological polar surface area (TPSA) is 51.2 Å². The van der Waals surface area contributed by atoms with Gasteiger partial charge in [0.15, 0.2) is 0 Å². The molecule has 1 N–H and O–H groups in total. The minimum absolute atomic E-state index is 0.324. The number of benzene rings is 2. The molecule has 0 atom stereocenters. The number of nitrogens with zero attached hydrogens (tertiary/aromatic N) is 1. The Hall–Kier alpha value is -2.40. The summed E-state index contributed by atoms with van der Waals surface area (Å²) in [5.41, 5.74) is 4.14. The van der Waals surface area contributed by atoms with Crippen molar-refractivity contribution in [1.82, 2.24) is 4.98 Å². The van der Waals surface area contributed by atoms with Gasteiger partial charge in [0.05, 0.1) is 17.7 Å². The lowest BCUT2D eigenvalue weighted by atomic mass is 10.1. The SMILES string of the molecule is CCOC(=O)c1ccc2nc(C)cc(Nc3ccc(Br)cc3)c2c1. The third-order valence-corrected chi connectivity index (χ3v) is 4.10. The van der Waals surface area contributed by atoms with Crippen LogP contribution in [0.4, 0.5) is 11.4 Å². The van der Waals surface area contributed by atoms with Crippen LogP contribution in [0.5, 0.6) is 0 Å². The molecule has 0 aliphatic carbocycles. The lowest BCUT2D eigenvalue weighted by Gasteiger charge is -2.12. The van der Waals surface area contributed by atoms with Gasteiger partial charge >= 0.3 is 5.97 Å². The number of pyridine rings is 1. The van der Waals surface area contributed by atoms with Gasteiger partial charge in [0.2, 0.25) is 0 Å². The highest BCUT2D eigenvalue weighted by molar-refractivity contribution is 9.10. The zero-order chi connectivity index (χ0) is 17.1. The highest BCUT2D eigenvalue weighted by atomic mass is 79.9. The van der Waals surface area contributed by atoms with Crippen LogP contribution in [0.15, 0.2) is 53.0 Å². The molecule has 2 aromatic carbocycles. The summed E-state index contributed by atoms with van der Waals surface area (Å²) in [6.07, 6.45) is 0. The minimum Gasteiger partial charge on any atom is -0.462 e. The molecule has 0 unspecified atom stereocenters. The summed E-state index contributed by atoms with van der Waals surface area (Å²) in [4.78, 5) is 16.5. The summed E-state index contributed by atoms with van der Waals surface area (Å²) in [6.45, 7) is 4.10. The van der Waals surface area contributed by atoms with Gasteiger partial charge in [0.25, 0.3) is 0 Å². The third kappa shape index (κ3) is 3.57.